The SMILES string of the molecule is c1cc(-c2nc(NC3CCNC3)c3sccc3n2)cc(Nc2ccc(N3CCCCC3)cc2)n1. The standard InChI is InChI=1S/C26H29N7S/c1-2-13-33(14-3-1)21-6-4-19(5-7-21)29-23-16-18(8-12-28-23)25-31-22-10-15-34-24(22)26(32-25)30-20-9-11-27-17-20/h4-8,10,12,15-16,20,27H,1-3,9,11,13-14,17H2,(H,28,29)(H,30,31,32). The first kappa shape index (κ1) is 21.3. The Morgan fingerprint density at radius 3 is 2.71 bits per heavy atom. The Balaban J connectivity index is 1.23. The molecule has 2 fully saturated rings. The van der Waals surface area contributed by atoms with Crippen LogP contribution in [-0.4, -0.2) is 47.2 Å². The van der Waals surface area contributed by atoms with E-state index in [1.54, 1.807) is 11.3 Å². The van der Waals surface area contributed by atoms with Crippen LogP contribution in [0.3, 0.4) is 0 Å². The molecule has 7 nitrogen and oxygen atoms in total. The fraction of sp³-hybridized carbons (Fsp3) is 0.346. The zero-order valence-electron chi connectivity index (χ0n) is 19.1. The van der Waals surface area contributed by atoms with Crippen molar-refractivity contribution in [3.05, 3.63) is 54.0 Å². The highest BCUT2D eigenvalue weighted by Gasteiger charge is 2.18. The summed E-state index contributed by atoms with van der Waals surface area (Å²) in [5, 5.41) is 12.6. The van der Waals surface area contributed by atoms with Crippen molar-refractivity contribution in [1.29, 1.82) is 0 Å². The van der Waals surface area contributed by atoms with E-state index in [0.29, 0.717) is 11.9 Å². The van der Waals surface area contributed by atoms with Crippen molar-refractivity contribution in [1.82, 2.24) is 20.3 Å². The average Bonchev–Trinajstić information content (AvgIpc) is 3.57. The molecule has 8 heteroatoms. The first-order chi connectivity index (χ1) is 16.8. The number of piperidine rings is 1. The zero-order valence-corrected chi connectivity index (χ0v) is 19.9. The molecular weight excluding hydrogens is 442 g/mol. The molecular formula is C26H29N7S. The molecule has 0 saturated carbocycles. The molecule has 3 N–H and O–H groups in total. The quantitative estimate of drug-likeness (QED) is 0.354. The van der Waals surface area contributed by atoms with Crippen molar-refractivity contribution in [2.45, 2.75) is 31.7 Å². The first-order valence-corrected chi connectivity index (χ1v) is 13.0. The molecule has 0 amide bonds. The molecule has 0 radical (unpaired) electrons. The second-order valence-corrected chi connectivity index (χ2v) is 9.93. The van der Waals surface area contributed by atoms with Crippen LogP contribution in [0, 0.1) is 0 Å². The zero-order chi connectivity index (χ0) is 22.7. The van der Waals surface area contributed by atoms with Crippen LogP contribution < -0.4 is 20.9 Å². The van der Waals surface area contributed by atoms with Crippen LogP contribution in [0.2, 0.25) is 0 Å². The van der Waals surface area contributed by atoms with Gasteiger partial charge in [-0.2, -0.15) is 0 Å². The molecule has 1 atom stereocenters. The highest BCUT2D eigenvalue weighted by molar-refractivity contribution is 7.17. The lowest BCUT2D eigenvalue weighted by molar-refractivity contribution is 0.578. The Morgan fingerprint density at radius 2 is 1.88 bits per heavy atom. The molecule has 2 aliphatic heterocycles. The van der Waals surface area contributed by atoms with Gasteiger partial charge in [0.25, 0.3) is 0 Å². The maximum Gasteiger partial charge on any atom is 0.162 e. The minimum Gasteiger partial charge on any atom is -0.372 e. The van der Waals surface area contributed by atoms with Gasteiger partial charge >= 0.3 is 0 Å². The maximum atomic E-state index is 4.92. The lowest BCUT2D eigenvalue weighted by Gasteiger charge is -2.28. The number of thiophene rings is 1. The summed E-state index contributed by atoms with van der Waals surface area (Å²) >= 11 is 1.68. The van der Waals surface area contributed by atoms with Gasteiger partial charge in [-0.1, -0.05) is 0 Å². The number of hydrogen-bond donors (Lipinski definition) is 3. The third-order valence-electron chi connectivity index (χ3n) is 6.58. The predicted molar refractivity (Wildman–Crippen MR) is 141 cm³/mol. The van der Waals surface area contributed by atoms with Gasteiger partial charge in [0.2, 0.25) is 0 Å². The summed E-state index contributed by atoms with van der Waals surface area (Å²) in [7, 11) is 0. The summed E-state index contributed by atoms with van der Waals surface area (Å²) in [4.78, 5) is 16.8. The van der Waals surface area contributed by atoms with Gasteiger partial charge in [0, 0.05) is 48.8 Å². The number of fused-ring (bicyclic) bond motifs is 1. The van der Waals surface area contributed by atoms with Crippen LogP contribution in [0.4, 0.5) is 23.0 Å². The molecule has 2 aliphatic rings. The van der Waals surface area contributed by atoms with Crippen molar-refractivity contribution in [2.24, 2.45) is 0 Å². The van der Waals surface area contributed by atoms with Gasteiger partial charge in [0.05, 0.1) is 10.2 Å². The molecule has 2 saturated heterocycles. The number of rotatable bonds is 6. The van der Waals surface area contributed by atoms with Crippen molar-refractivity contribution >= 4 is 44.6 Å². The number of hydrogen-bond acceptors (Lipinski definition) is 8. The normalized spacial score (nSPS) is 18.4. The van der Waals surface area contributed by atoms with Crippen LogP contribution in [0.1, 0.15) is 25.7 Å². The van der Waals surface area contributed by atoms with Crippen molar-refractivity contribution in [3.8, 4) is 11.4 Å². The van der Waals surface area contributed by atoms with Gasteiger partial charge in [-0.05, 0) is 80.1 Å². The summed E-state index contributed by atoms with van der Waals surface area (Å²) in [6.07, 6.45) is 6.83. The van der Waals surface area contributed by atoms with E-state index in [1.807, 2.05) is 18.3 Å². The van der Waals surface area contributed by atoms with Crippen LogP contribution in [0.15, 0.2) is 54.0 Å². The maximum absolute atomic E-state index is 4.92. The topological polar surface area (TPSA) is 78.0 Å². The fourth-order valence-corrected chi connectivity index (χ4v) is 5.54. The number of aromatic nitrogens is 3. The predicted octanol–water partition coefficient (Wildman–Crippen LogP) is 5.26. The molecule has 1 aromatic carbocycles. The van der Waals surface area contributed by atoms with Crippen LogP contribution in [0.25, 0.3) is 21.6 Å². The minimum atomic E-state index is 0.399. The van der Waals surface area contributed by atoms with Crippen molar-refractivity contribution < 1.29 is 0 Å². The Kier molecular flexibility index (Phi) is 5.99. The van der Waals surface area contributed by atoms with E-state index in [1.165, 1.54) is 24.9 Å². The van der Waals surface area contributed by atoms with Crippen LogP contribution >= 0.6 is 11.3 Å². The molecule has 4 aromatic rings. The highest BCUT2D eigenvalue weighted by Crippen LogP contribution is 2.31. The molecule has 0 bridgehead atoms. The van der Waals surface area contributed by atoms with Crippen molar-refractivity contribution in [2.75, 3.05) is 41.7 Å². The number of nitrogens with one attached hydrogen (secondary N) is 3. The average molecular weight is 472 g/mol. The summed E-state index contributed by atoms with van der Waals surface area (Å²) in [5.41, 5.74) is 4.24. The molecule has 3 aromatic heterocycles. The number of pyridine rings is 1. The molecule has 6 rings (SSSR count). The Hall–Kier alpha value is -3.23. The molecule has 1 unspecified atom stereocenters. The van der Waals surface area contributed by atoms with E-state index in [-0.39, 0.29) is 0 Å². The third-order valence-corrected chi connectivity index (χ3v) is 7.49. The van der Waals surface area contributed by atoms with Gasteiger partial charge in [-0.25, -0.2) is 15.0 Å². The monoisotopic (exact) mass is 471 g/mol. The highest BCUT2D eigenvalue weighted by atomic mass is 32.1. The van der Waals surface area contributed by atoms with E-state index in [0.717, 1.165) is 65.7 Å². The summed E-state index contributed by atoms with van der Waals surface area (Å²) in [6, 6.07) is 15.1. The summed E-state index contributed by atoms with van der Waals surface area (Å²) < 4.78 is 1.11. The van der Waals surface area contributed by atoms with Gasteiger partial charge in [-0.15, -0.1) is 11.3 Å². The number of nitrogens with zero attached hydrogens (tertiary/aromatic N) is 4. The number of benzene rings is 1. The fourth-order valence-electron chi connectivity index (χ4n) is 4.76. The Labute approximate surface area is 203 Å². The smallest absolute Gasteiger partial charge is 0.162 e. The molecule has 5 heterocycles. The van der Waals surface area contributed by atoms with Crippen molar-refractivity contribution in [3.63, 3.8) is 0 Å². The van der Waals surface area contributed by atoms with Gasteiger partial charge in [-0.3, -0.25) is 0 Å². The van der Waals surface area contributed by atoms with E-state index >= 15 is 0 Å². The molecule has 0 spiro atoms. The Bertz CT molecular complexity index is 1260. The minimum absolute atomic E-state index is 0.399. The van der Waals surface area contributed by atoms with Crippen LogP contribution in [-0.2, 0) is 0 Å². The number of anilines is 4. The van der Waals surface area contributed by atoms with Gasteiger partial charge in [0.15, 0.2) is 5.82 Å². The molecule has 34 heavy (non-hydrogen) atoms. The second-order valence-electron chi connectivity index (χ2n) is 9.01. The lowest BCUT2D eigenvalue weighted by Crippen LogP contribution is -2.29. The largest absolute Gasteiger partial charge is 0.372 e. The second kappa shape index (κ2) is 9.56. The summed E-state index contributed by atoms with van der Waals surface area (Å²) in [5.74, 6) is 2.42. The van der Waals surface area contributed by atoms with E-state index < -0.39 is 0 Å². The molecule has 174 valence electrons. The van der Waals surface area contributed by atoms with Gasteiger partial charge < -0.3 is 20.9 Å². The lowest BCUT2D eigenvalue weighted by atomic mass is 10.1. The van der Waals surface area contributed by atoms with E-state index in [2.05, 4.69) is 61.5 Å². The first-order valence-electron chi connectivity index (χ1n) is 12.1. The third kappa shape index (κ3) is 4.56. The Morgan fingerprint density at radius 1 is 1.00 bits per heavy atom. The van der Waals surface area contributed by atoms with E-state index in [9.17, 15) is 0 Å². The van der Waals surface area contributed by atoms with Crippen LogP contribution in [0.5, 0.6) is 0 Å². The summed E-state index contributed by atoms with van der Waals surface area (Å²) in [6.45, 7) is 4.31. The van der Waals surface area contributed by atoms with Gasteiger partial charge in [0.1, 0.15) is 11.6 Å². The molecule has 0 aliphatic carbocycles. The van der Waals surface area contributed by atoms with E-state index in [4.69, 9.17) is 9.97 Å².